The van der Waals surface area contributed by atoms with Crippen LogP contribution in [0.5, 0.6) is 17.2 Å². The number of fused-ring (bicyclic) bond motifs is 1. The molecule has 2 N–H and O–H groups in total. The van der Waals surface area contributed by atoms with Crippen LogP contribution in [0.4, 0.5) is 11.5 Å². The fourth-order valence-electron chi connectivity index (χ4n) is 4.76. The zero-order valence-corrected chi connectivity index (χ0v) is 20.5. The predicted molar refractivity (Wildman–Crippen MR) is 135 cm³/mol. The number of rotatable bonds is 7. The summed E-state index contributed by atoms with van der Waals surface area (Å²) in [5.41, 5.74) is 3.35. The van der Waals surface area contributed by atoms with Gasteiger partial charge in [-0.2, -0.15) is 5.10 Å². The average Bonchev–Trinajstić information content (AvgIpc) is 3.32. The molecule has 1 unspecified atom stereocenters. The fraction of sp³-hybridized carbons (Fsp3) is 0.296. The molecule has 186 valence electrons. The molecule has 2 aromatic carbocycles. The Bertz CT molecular complexity index is 1340. The van der Waals surface area contributed by atoms with Gasteiger partial charge in [-0.1, -0.05) is 6.07 Å². The van der Waals surface area contributed by atoms with Crippen molar-refractivity contribution in [2.24, 2.45) is 0 Å². The number of amides is 1. The minimum absolute atomic E-state index is 0.0741. The first-order valence-electron chi connectivity index (χ1n) is 11.9. The minimum atomic E-state index is -0.490. The van der Waals surface area contributed by atoms with Gasteiger partial charge in [0.05, 0.1) is 27.0 Å². The topological polar surface area (TPSA) is 104 Å². The maximum Gasteiger partial charge on any atom is 0.261 e. The Balaban J connectivity index is 1.52. The summed E-state index contributed by atoms with van der Waals surface area (Å²) in [5.74, 6) is 2.21. The zero-order valence-electron chi connectivity index (χ0n) is 20.5. The molecule has 1 amide bonds. The van der Waals surface area contributed by atoms with Crippen LogP contribution in [0.1, 0.15) is 48.1 Å². The third-order valence-corrected chi connectivity index (χ3v) is 6.43. The van der Waals surface area contributed by atoms with Gasteiger partial charge in [0.2, 0.25) is 0 Å². The molecule has 1 aromatic heterocycles. The lowest BCUT2D eigenvalue weighted by Crippen LogP contribution is -2.32. The third kappa shape index (κ3) is 4.17. The van der Waals surface area contributed by atoms with Gasteiger partial charge in [0.25, 0.3) is 5.91 Å². The first kappa shape index (κ1) is 23.5. The molecule has 0 radical (unpaired) electrons. The lowest BCUT2D eigenvalue weighted by molar-refractivity contribution is -0.116. The largest absolute Gasteiger partial charge is 0.494 e. The van der Waals surface area contributed by atoms with Gasteiger partial charge in [-0.3, -0.25) is 9.59 Å². The normalized spacial score (nSPS) is 16.5. The highest BCUT2D eigenvalue weighted by molar-refractivity contribution is 6.08. The molecule has 2 aliphatic rings. The number of methoxy groups -OCH3 is 2. The maximum absolute atomic E-state index is 13.3. The Morgan fingerprint density at radius 2 is 1.89 bits per heavy atom. The van der Waals surface area contributed by atoms with E-state index in [1.165, 1.54) is 6.20 Å². The predicted octanol–water partition coefficient (Wildman–Crippen LogP) is 4.57. The molecule has 0 fully saturated rings. The van der Waals surface area contributed by atoms with E-state index in [1.54, 1.807) is 31.0 Å². The van der Waals surface area contributed by atoms with Crippen molar-refractivity contribution in [1.82, 2.24) is 9.78 Å². The van der Waals surface area contributed by atoms with Crippen LogP contribution < -0.4 is 24.8 Å². The van der Waals surface area contributed by atoms with E-state index >= 15 is 0 Å². The lowest BCUT2D eigenvalue weighted by atomic mass is 9.85. The van der Waals surface area contributed by atoms with Crippen molar-refractivity contribution < 1.29 is 23.8 Å². The molecule has 0 saturated carbocycles. The first-order valence-corrected chi connectivity index (χ1v) is 11.9. The van der Waals surface area contributed by atoms with Crippen molar-refractivity contribution in [3.63, 3.8) is 0 Å². The second-order valence-electron chi connectivity index (χ2n) is 8.57. The smallest absolute Gasteiger partial charge is 0.261 e. The molecule has 0 spiro atoms. The Labute approximate surface area is 209 Å². The molecule has 1 aliphatic carbocycles. The van der Waals surface area contributed by atoms with Crippen LogP contribution in [0.25, 0.3) is 0 Å². The van der Waals surface area contributed by atoms with E-state index in [4.69, 9.17) is 14.2 Å². The van der Waals surface area contributed by atoms with E-state index in [2.05, 4.69) is 15.7 Å². The van der Waals surface area contributed by atoms with Gasteiger partial charge in [0, 0.05) is 23.4 Å². The number of Topliss-reactive ketones (excluding diaryl/α,β-unsaturated/α-hetero) is 1. The summed E-state index contributed by atoms with van der Waals surface area (Å²) in [6.45, 7) is 2.49. The summed E-state index contributed by atoms with van der Waals surface area (Å²) in [6, 6.07) is 12.3. The van der Waals surface area contributed by atoms with Crippen molar-refractivity contribution in [1.29, 1.82) is 0 Å². The Morgan fingerprint density at radius 1 is 1.11 bits per heavy atom. The number of anilines is 2. The van der Waals surface area contributed by atoms with Crippen LogP contribution in [0.3, 0.4) is 0 Å². The number of carbonyl (C=O) groups is 2. The van der Waals surface area contributed by atoms with Gasteiger partial charge < -0.3 is 24.8 Å². The van der Waals surface area contributed by atoms with E-state index in [1.807, 2.05) is 37.3 Å². The molecule has 9 heteroatoms. The summed E-state index contributed by atoms with van der Waals surface area (Å²) < 4.78 is 18.1. The Morgan fingerprint density at radius 3 is 2.61 bits per heavy atom. The number of nitrogens with zero attached hydrogens (tertiary/aromatic N) is 2. The zero-order chi connectivity index (χ0) is 25.2. The molecule has 9 nitrogen and oxygen atoms in total. The standard InChI is InChI=1S/C27H28N4O5/c1-4-36-18-11-9-17(10-12-18)29-27(33)19-15-28-31-25(16-8-13-22(34-2)23(14-16)35-3)24-20(30-26(19)31)6-5-7-21(24)32/h8-15,25,30H,4-7H2,1-3H3,(H,29,33). The molecule has 0 saturated heterocycles. The number of ketones is 1. The van der Waals surface area contributed by atoms with Crippen LogP contribution in [0.2, 0.25) is 0 Å². The highest BCUT2D eigenvalue weighted by Crippen LogP contribution is 2.43. The molecule has 1 aliphatic heterocycles. The van der Waals surface area contributed by atoms with Crippen LogP contribution in [0, 0.1) is 0 Å². The van der Waals surface area contributed by atoms with Crippen molar-refractivity contribution in [2.75, 3.05) is 31.5 Å². The second-order valence-corrected chi connectivity index (χ2v) is 8.57. The maximum atomic E-state index is 13.3. The Kier molecular flexibility index (Phi) is 6.37. The number of allylic oxidation sites excluding steroid dienone is 2. The number of ether oxygens (including phenoxy) is 3. The molecule has 1 atom stereocenters. The summed E-state index contributed by atoms with van der Waals surface area (Å²) in [4.78, 5) is 26.3. The molecule has 3 aromatic rings. The van der Waals surface area contributed by atoms with Gasteiger partial charge in [-0.05, 0) is 61.7 Å². The van der Waals surface area contributed by atoms with Gasteiger partial charge in [0.1, 0.15) is 23.2 Å². The lowest BCUT2D eigenvalue weighted by Gasteiger charge is -2.33. The monoisotopic (exact) mass is 488 g/mol. The molecular weight excluding hydrogens is 460 g/mol. The van der Waals surface area contributed by atoms with Crippen LogP contribution in [0.15, 0.2) is 59.9 Å². The van der Waals surface area contributed by atoms with E-state index in [-0.39, 0.29) is 11.7 Å². The number of carbonyl (C=O) groups excluding carboxylic acids is 2. The van der Waals surface area contributed by atoms with Gasteiger partial charge in [-0.15, -0.1) is 0 Å². The number of hydrogen-bond donors (Lipinski definition) is 2. The third-order valence-electron chi connectivity index (χ3n) is 6.43. The Hall–Kier alpha value is -4.27. The van der Waals surface area contributed by atoms with Gasteiger partial charge >= 0.3 is 0 Å². The molecule has 5 rings (SSSR count). The van der Waals surface area contributed by atoms with E-state index < -0.39 is 6.04 Å². The van der Waals surface area contributed by atoms with E-state index in [9.17, 15) is 9.59 Å². The van der Waals surface area contributed by atoms with Crippen molar-refractivity contribution in [3.05, 3.63) is 71.1 Å². The molecular formula is C27H28N4O5. The first-order chi connectivity index (χ1) is 17.5. The van der Waals surface area contributed by atoms with Crippen molar-refractivity contribution in [2.45, 2.75) is 32.2 Å². The van der Waals surface area contributed by atoms with Crippen LogP contribution in [-0.4, -0.2) is 42.3 Å². The SMILES string of the molecule is CCOc1ccc(NC(=O)c2cnn3c2NC2=C(C(=O)CCC2)C3c2ccc(OC)c(OC)c2)cc1. The quantitative estimate of drug-likeness (QED) is 0.502. The molecule has 36 heavy (non-hydrogen) atoms. The number of hydrogen-bond acceptors (Lipinski definition) is 7. The van der Waals surface area contributed by atoms with Gasteiger partial charge in [-0.25, -0.2) is 4.68 Å². The fourth-order valence-corrected chi connectivity index (χ4v) is 4.76. The number of benzene rings is 2. The van der Waals surface area contributed by atoms with Crippen LogP contribution >= 0.6 is 0 Å². The van der Waals surface area contributed by atoms with Crippen molar-refractivity contribution >= 4 is 23.2 Å². The summed E-state index contributed by atoms with van der Waals surface area (Å²) in [6.07, 6.45) is 3.48. The van der Waals surface area contributed by atoms with E-state index in [0.29, 0.717) is 47.2 Å². The minimum Gasteiger partial charge on any atom is -0.494 e. The number of aromatic nitrogens is 2. The highest BCUT2D eigenvalue weighted by atomic mass is 16.5. The van der Waals surface area contributed by atoms with Crippen LogP contribution in [-0.2, 0) is 4.79 Å². The molecule has 2 heterocycles. The van der Waals surface area contributed by atoms with E-state index in [0.717, 1.165) is 29.9 Å². The van der Waals surface area contributed by atoms with Gasteiger partial charge in [0.15, 0.2) is 17.3 Å². The molecule has 0 bridgehead atoms. The summed E-state index contributed by atoms with van der Waals surface area (Å²) in [7, 11) is 3.15. The van der Waals surface area contributed by atoms with Crippen molar-refractivity contribution in [3.8, 4) is 17.2 Å². The summed E-state index contributed by atoms with van der Waals surface area (Å²) >= 11 is 0. The summed E-state index contributed by atoms with van der Waals surface area (Å²) in [5, 5.41) is 10.8. The number of nitrogens with one attached hydrogen (secondary N) is 2. The average molecular weight is 489 g/mol. The highest BCUT2D eigenvalue weighted by Gasteiger charge is 2.38. The second kappa shape index (κ2) is 9.77.